The number of rotatable bonds is 4. The van der Waals surface area contributed by atoms with Gasteiger partial charge in [-0.1, -0.05) is 24.3 Å². The third-order valence-electron chi connectivity index (χ3n) is 2.48. The van der Waals surface area contributed by atoms with E-state index >= 15 is 0 Å². The van der Waals surface area contributed by atoms with Gasteiger partial charge in [0, 0.05) is 13.6 Å². The van der Waals surface area contributed by atoms with Crippen LogP contribution in [0.3, 0.4) is 0 Å². The smallest absolute Gasteiger partial charge is 0.409 e. The SMILES string of the molecule is Cc1ccccc1COC(=O)N(C)CCC#N. The van der Waals surface area contributed by atoms with Gasteiger partial charge in [0.05, 0.1) is 12.5 Å². The van der Waals surface area contributed by atoms with Crippen molar-refractivity contribution < 1.29 is 9.53 Å². The number of carbonyl (C=O) groups excluding carboxylic acids is 1. The largest absolute Gasteiger partial charge is 0.445 e. The van der Waals surface area contributed by atoms with E-state index in [9.17, 15) is 4.79 Å². The van der Waals surface area contributed by atoms with Crippen molar-refractivity contribution in [3.05, 3.63) is 35.4 Å². The second-order valence-corrected chi connectivity index (χ2v) is 3.81. The average Bonchev–Trinajstić information content (AvgIpc) is 2.34. The van der Waals surface area contributed by atoms with E-state index in [2.05, 4.69) is 0 Å². The van der Waals surface area contributed by atoms with Crippen molar-refractivity contribution in [2.45, 2.75) is 20.0 Å². The Morgan fingerprint density at radius 1 is 1.47 bits per heavy atom. The fraction of sp³-hybridized carbons (Fsp3) is 0.385. The predicted octanol–water partition coefficient (Wildman–Crippen LogP) is 2.48. The summed E-state index contributed by atoms with van der Waals surface area (Å²) in [6.45, 7) is 2.63. The third kappa shape index (κ3) is 4.15. The Balaban J connectivity index is 2.43. The molecule has 1 amide bonds. The van der Waals surface area contributed by atoms with Gasteiger partial charge in [0.25, 0.3) is 0 Å². The number of carbonyl (C=O) groups is 1. The highest BCUT2D eigenvalue weighted by molar-refractivity contribution is 5.67. The Hall–Kier alpha value is -2.02. The number of nitrogens with zero attached hydrogens (tertiary/aromatic N) is 2. The Morgan fingerprint density at radius 2 is 2.18 bits per heavy atom. The Morgan fingerprint density at radius 3 is 2.82 bits per heavy atom. The zero-order chi connectivity index (χ0) is 12.7. The van der Waals surface area contributed by atoms with Gasteiger partial charge in [-0.2, -0.15) is 5.26 Å². The monoisotopic (exact) mass is 232 g/mol. The zero-order valence-corrected chi connectivity index (χ0v) is 10.1. The molecule has 0 fully saturated rings. The summed E-state index contributed by atoms with van der Waals surface area (Å²) in [6.07, 6.45) is -0.0841. The van der Waals surface area contributed by atoms with E-state index in [4.69, 9.17) is 10.00 Å². The Kier molecular flexibility index (Phi) is 5.02. The number of nitriles is 1. The first-order chi connectivity index (χ1) is 8.15. The summed E-state index contributed by atoms with van der Waals surface area (Å²) in [7, 11) is 1.62. The number of hydrogen-bond acceptors (Lipinski definition) is 3. The molecule has 1 aromatic carbocycles. The Bertz CT molecular complexity index is 424. The maximum absolute atomic E-state index is 11.5. The van der Waals surface area contributed by atoms with Crippen LogP contribution in [0.2, 0.25) is 0 Å². The van der Waals surface area contributed by atoms with Gasteiger partial charge in [-0.25, -0.2) is 4.79 Å². The predicted molar refractivity (Wildman–Crippen MR) is 64.2 cm³/mol. The van der Waals surface area contributed by atoms with Crippen LogP contribution < -0.4 is 0 Å². The second kappa shape index (κ2) is 6.54. The van der Waals surface area contributed by atoms with Crippen molar-refractivity contribution in [2.75, 3.05) is 13.6 Å². The molecule has 0 aliphatic carbocycles. The first-order valence-electron chi connectivity index (χ1n) is 5.44. The maximum atomic E-state index is 11.5. The van der Waals surface area contributed by atoms with Crippen molar-refractivity contribution in [3.63, 3.8) is 0 Å². The maximum Gasteiger partial charge on any atom is 0.409 e. The number of benzene rings is 1. The molecule has 1 aromatic rings. The standard InChI is InChI=1S/C13H16N2O2/c1-11-6-3-4-7-12(11)10-17-13(16)15(2)9-5-8-14/h3-4,6-7H,5,9-10H2,1-2H3. The average molecular weight is 232 g/mol. The molecule has 0 aliphatic rings. The van der Waals surface area contributed by atoms with Crippen LogP contribution in [0.1, 0.15) is 17.5 Å². The van der Waals surface area contributed by atoms with Crippen molar-refractivity contribution in [1.29, 1.82) is 5.26 Å². The molecule has 0 radical (unpaired) electrons. The quantitative estimate of drug-likeness (QED) is 0.801. The van der Waals surface area contributed by atoms with Crippen molar-refractivity contribution in [1.82, 2.24) is 4.90 Å². The van der Waals surface area contributed by atoms with Crippen LogP contribution in [-0.4, -0.2) is 24.6 Å². The summed E-state index contributed by atoms with van der Waals surface area (Å²) in [5.41, 5.74) is 2.09. The van der Waals surface area contributed by atoms with E-state index in [1.54, 1.807) is 7.05 Å². The molecule has 0 bridgehead atoms. The normalized spacial score (nSPS) is 9.47. The molecule has 0 unspecified atom stereocenters. The lowest BCUT2D eigenvalue weighted by molar-refractivity contribution is 0.105. The summed E-state index contributed by atoms with van der Waals surface area (Å²) < 4.78 is 5.15. The molecule has 0 N–H and O–H groups in total. The van der Waals surface area contributed by atoms with E-state index in [0.29, 0.717) is 13.0 Å². The third-order valence-corrected chi connectivity index (χ3v) is 2.48. The van der Waals surface area contributed by atoms with Gasteiger partial charge in [0.1, 0.15) is 6.61 Å². The first-order valence-corrected chi connectivity index (χ1v) is 5.44. The summed E-state index contributed by atoms with van der Waals surface area (Å²) >= 11 is 0. The van der Waals surface area contributed by atoms with Gasteiger partial charge < -0.3 is 9.64 Å². The summed E-state index contributed by atoms with van der Waals surface area (Å²) in [5, 5.41) is 8.41. The van der Waals surface area contributed by atoms with E-state index < -0.39 is 6.09 Å². The molecular weight excluding hydrogens is 216 g/mol. The summed E-state index contributed by atoms with van der Waals surface area (Å²) in [4.78, 5) is 12.9. The second-order valence-electron chi connectivity index (χ2n) is 3.81. The van der Waals surface area contributed by atoms with Crippen LogP contribution in [0.25, 0.3) is 0 Å². The highest BCUT2D eigenvalue weighted by atomic mass is 16.6. The molecule has 90 valence electrons. The highest BCUT2D eigenvalue weighted by Crippen LogP contribution is 2.09. The van der Waals surface area contributed by atoms with Crippen LogP contribution in [0.4, 0.5) is 4.79 Å². The minimum atomic E-state index is -0.400. The van der Waals surface area contributed by atoms with Crippen LogP contribution in [0.5, 0.6) is 0 Å². The van der Waals surface area contributed by atoms with Crippen LogP contribution in [-0.2, 0) is 11.3 Å². The topological polar surface area (TPSA) is 53.3 Å². The highest BCUT2D eigenvalue weighted by Gasteiger charge is 2.09. The lowest BCUT2D eigenvalue weighted by Crippen LogP contribution is -2.28. The van der Waals surface area contributed by atoms with E-state index in [0.717, 1.165) is 11.1 Å². The fourth-order valence-corrected chi connectivity index (χ4v) is 1.33. The van der Waals surface area contributed by atoms with Gasteiger partial charge in [-0.05, 0) is 18.1 Å². The van der Waals surface area contributed by atoms with Crippen molar-refractivity contribution in [2.24, 2.45) is 0 Å². The number of ether oxygens (including phenoxy) is 1. The molecule has 4 nitrogen and oxygen atoms in total. The molecular formula is C13H16N2O2. The van der Waals surface area contributed by atoms with Gasteiger partial charge in [-0.15, -0.1) is 0 Å². The van der Waals surface area contributed by atoms with E-state index in [1.807, 2.05) is 37.3 Å². The molecule has 0 aromatic heterocycles. The number of aryl methyl sites for hydroxylation is 1. The van der Waals surface area contributed by atoms with Crippen LogP contribution in [0.15, 0.2) is 24.3 Å². The molecule has 0 atom stereocenters. The fourth-order valence-electron chi connectivity index (χ4n) is 1.33. The molecule has 17 heavy (non-hydrogen) atoms. The number of hydrogen-bond donors (Lipinski definition) is 0. The lowest BCUT2D eigenvalue weighted by atomic mass is 10.1. The Labute approximate surface area is 101 Å². The molecule has 0 aliphatic heterocycles. The van der Waals surface area contributed by atoms with E-state index in [1.165, 1.54) is 4.90 Å². The van der Waals surface area contributed by atoms with Gasteiger partial charge >= 0.3 is 6.09 Å². The van der Waals surface area contributed by atoms with Crippen molar-refractivity contribution >= 4 is 6.09 Å². The molecule has 1 rings (SSSR count). The van der Waals surface area contributed by atoms with Gasteiger partial charge in [0.15, 0.2) is 0 Å². The van der Waals surface area contributed by atoms with Gasteiger partial charge in [-0.3, -0.25) is 0 Å². The van der Waals surface area contributed by atoms with Crippen LogP contribution >= 0.6 is 0 Å². The van der Waals surface area contributed by atoms with Gasteiger partial charge in [0.2, 0.25) is 0 Å². The van der Waals surface area contributed by atoms with Crippen molar-refractivity contribution in [3.8, 4) is 6.07 Å². The minimum absolute atomic E-state index is 0.266. The zero-order valence-electron chi connectivity index (χ0n) is 10.1. The summed E-state index contributed by atoms with van der Waals surface area (Å²) in [6, 6.07) is 9.75. The first kappa shape index (κ1) is 13.0. The summed E-state index contributed by atoms with van der Waals surface area (Å²) in [5.74, 6) is 0. The number of amides is 1. The van der Waals surface area contributed by atoms with E-state index in [-0.39, 0.29) is 6.61 Å². The molecule has 0 saturated carbocycles. The molecule has 0 heterocycles. The molecule has 0 saturated heterocycles. The molecule has 4 heteroatoms. The lowest BCUT2D eigenvalue weighted by Gasteiger charge is -2.15. The molecule has 0 spiro atoms. The minimum Gasteiger partial charge on any atom is -0.445 e. The van der Waals surface area contributed by atoms with Crippen LogP contribution in [0, 0.1) is 18.3 Å².